The molecule has 0 aliphatic carbocycles. The van der Waals surface area contributed by atoms with E-state index in [0.29, 0.717) is 11.8 Å². The van der Waals surface area contributed by atoms with E-state index in [2.05, 4.69) is 0 Å². The predicted octanol–water partition coefficient (Wildman–Crippen LogP) is 0.793. The molecule has 1 rings (SSSR count). The number of hydrogen-bond acceptors (Lipinski definition) is 4. The average molecular weight is 180 g/mol. The summed E-state index contributed by atoms with van der Waals surface area (Å²) in [4.78, 5) is 20.1. The second-order valence-electron chi connectivity index (χ2n) is 2.51. The van der Waals surface area contributed by atoms with Crippen molar-refractivity contribution in [3.63, 3.8) is 0 Å². The number of nitrogens with zero attached hydrogens (tertiary/aromatic N) is 1. The molecule has 0 bridgehead atoms. The molecule has 1 aromatic rings. The molecule has 0 heterocycles. The van der Waals surface area contributed by atoms with Gasteiger partial charge in [-0.15, -0.1) is 0 Å². The van der Waals surface area contributed by atoms with Crippen LogP contribution < -0.4 is 5.73 Å². The Morgan fingerprint density at radius 2 is 2.23 bits per heavy atom. The summed E-state index contributed by atoms with van der Waals surface area (Å²) in [6, 6.07) is 4.92. The molecule has 13 heavy (non-hydrogen) atoms. The largest absolute Gasteiger partial charge is 0.318 e. The molecule has 68 valence electrons. The molecule has 0 spiro atoms. The van der Waals surface area contributed by atoms with Crippen molar-refractivity contribution in [2.45, 2.75) is 6.04 Å². The average Bonchev–Trinajstić information content (AvgIpc) is 2.17. The third-order valence-corrected chi connectivity index (χ3v) is 1.61. The smallest absolute Gasteiger partial charge is 0.269 e. The lowest BCUT2D eigenvalue weighted by molar-refractivity contribution is -0.384. The van der Waals surface area contributed by atoms with E-state index >= 15 is 0 Å². The molecule has 0 aromatic heterocycles. The fourth-order valence-electron chi connectivity index (χ4n) is 0.924. The number of rotatable bonds is 3. The third-order valence-electron chi connectivity index (χ3n) is 1.61. The fourth-order valence-corrected chi connectivity index (χ4v) is 0.924. The minimum Gasteiger partial charge on any atom is -0.318 e. The number of nitrogens with two attached hydrogens (primary N) is 1. The quantitative estimate of drug-likeness (QED) is 0.423. The fraction of sp³-hybridized carbons (Fsp3) is 0.125. The maximum absolute atomic E-state index is 10.3. The summed E-state index contributed by atoms with van der Waals surface area (Å²) in [7, 11) is 0. The van der Waals surface area contributed by atoms with Gasteiger partial charge in [0.1, 0.15) is 6.29 Å². The van der Waals surface area contributed by atoms with Crippen molar-refractivity contribution in [3.8, 4) is 0 Å². The summed E-state index contributed by atoms with van der Waals surface area (Å²) in [5.74, 6) is 0. The Hall–Kier alpha value is -1.75. The molecule has 5 heteroatoms. The zero-order valence-corrected chi connectivity index (χ0v) is 6.71. The van der Waals surface area contributed by atoms with Crippen molar-refractivity contribution >= 4 is 12.0 Å². The van der Waals surface area contributed by atoms with E-state index in [1.54, 1.807) is 6.07 Å². The van der Waals surface area contributed by atoms with Crippen molar-refractivity contribution in [1.29, 1.82) is 0 Å². The van der Waals surface area contributed by atoms with Crippen molar-refractivity contribution < 1.29 is 9.72 Å². The number of benzene rings is 1. The molecular formula is C8H8N2O3. The van der Waals surface area contributed by atoms with Crippen LogP contribution in [0.15, 0.2) is 24.3 Å². The van der Waals surface area contributed by atoms with Gasteiger partial charge in [-0.25, -0.2) is 0 Å². The summed E-state index contributed by atoms with van der Waals surface area (Å²) >= 11 is 0. The van der Waals surface area contributed by atoms with Gasteiger partial charge in [-0.05, 0) is 5.56 Å². The Bertz CT molecular complexity index is 338. The van der Waals surface area contributed by atoms with Crippen LogP contribution in [0.5, 0.6) is 0 Å². The molecule has 0 saturated heterocycles. The standard InChI is InChI=1S/C8H8N2O3/c9-8(5-11)6-2-1-3-7(4-6)10(12)13/h1-5,8H,9H2. The minimum atomic E-state index is -0.792. The highest BCUT2D eigenvalue weighted by Gasteiger charge is 2.09. The topological polar surface area (TPSA) is 86.2 Å². The zero-order chi connectivity index (χ0) is 9.84. The van der Waals surface area contributed by atoms with Gasteiger partial charge in [0.15, 0.2) is 0 Å². The van der Waals surface area contributed by atoms with Crippen LogP contribution in [0.4, 0.5) is 5.69 Å². The zero-order valence-electron chi connectivity index (χ0n) is 6.71. The summed E-state index contributed by atoms with van der Waals surface area (Å²) < 4.78 is 0. The Kier molecular flexibility index (Phi) is 2.71. The molecule has 0 aliphatic heterocycles. The normalized spacial score (nSPS) is 12.1. The van der Waals surface area contributed by atoms with Crippen LogP contribution in [0, 0.1) is 10.1 Å². The highest BCUT2D eigenvalue weighted by atomic mass is 16.6. The van der Waals surface area contributed by atoms with Crippen molar-refractivity contribution in [2.24, 2.45) is 5.73 Å². The lowest BCUT2D eigenvalue weighted by Crippen LogP contribution is -2.11. The predicted molar refractivity (Wildman–Crippen MR) is 46.1 cm³/mol. The molecule has 0 fully saturated rings. The molecule has 5 nitrogen and oxygen atoms in total. The molecule has 0 saturated carbocycles. The number of hydrogen-bond donors (Lipinski definition) is 1. The van der Waals surface area contributed by atoms with Gasteiger partial charge >= 0.3 is 0 Å². The van der Waals surface area contributed by atoms with Crippen LogP contribution in [-0.2, 0) is 4.79 Å². The number of carbonyl (C=O) groups is 1. The van der Waals surface area contributed by atoms with E-state index in [-0.39, 0.29) is 5.69 Å². The van der Waals surface area contributed by atoms with Gasteiger partial charge in [-0.3, -0.25) is 10.1 Å². The molecular weight excluding hydrogens is 172 g/mol. The van der Waals surface area contributed by atoms with Crippen molar-refractivity contribution in [3.05, 3.63) is 39.9 Å². The first-order valence-corrected chi connectivity index (χ1v) is 3.60. The van der Waals surface area contributed by atoms with E-state index < -0.39 is 11.0 Å². The lowest BCUT2D eigenvalue weighted by Gasteiger charge is -2.02. The van der Waals surface area contributed by atoms with Gasteiger partial charge in [0.2, 0.25) is 0 Å². The Balaban J connectivity index is 3.04. The van der Waals surface area contributed by atoms with Crippen LogP contribution >= 0.6 is 0 Å². The highest BCUT2D eigenvalue weighted by Crippen LogP contribution is 2.16. The Morgan fingerprint density at radius 1 is 1.54 bits per heavy atom. The van der Waals surface area contributed by atoms with Gasteiger partial charge in [0, 0.05) is 12.1 Å². The first-order valence-electron chi connectivity index (χ1n) is 3.60. The SMILES string of the molecule is NC(C=O)c1cccc([N+](=O)[O-])c1. The van der Waals surface area contributed by atoms with Gasteiger partial charge in [0.05, 0.1) is 11.0 Å². The number of nitro benzene ring substituents is 1. The van der Waals surface area contributed by atoms with E-state index in [1.807, 2.05) is 0 Å². The summed E-state index contributed by atoms with van der Waals surface area (Å²) in [6.45, 7) is 0. The molecule has 1 aromatic carbocycles. The molecule has 1 unspecified atom stereocenters. The van der Waals surface area contributed by atoms with Gasteiger partial charge in [-0.2, -0.15) is 0 Å². The molecule has 2 N–H and O–H groups in total. The number of carbonyl (C=O) groups excluding carboxylic acids is 1. The molecule has 0 radical (unpaired) electrons. The van der Waals surface area contributed by atoms with Crippen molar-refractivity contribution in [1.82, 2.24) is 0 Å². The lowest BCUT2D eigenvalue weighted by atomic mass is 10.1. The summed E-state index contributed by atoms with van der Waals surface area (Å²) in [5.41, 5.74) is 5.76. The van der Waals surface area contributed by atoms with Crippen LogP contribution in [0.2, 0.25) is 0 Å². The molecule has 0 aliphatic rings. The highest BCUT2D eigenvalue weighted by molar-refractivity contribution is 5.61. The third kappa shape index (κ3) is 2.09. The Labute approximate surface area is 74.3 Å². The van der Waals surface area contributed by atoms with Crippen LogP contribution in [-0.4, -0.2) is 11.2 Å². The van der Waals surface area contributed by atoms with E-state index in [1.165, 1.54) is 18.2 Å². The number of nitro groups is 1. The van der Waals surface area contributed by atoms with Crippen LogP contribution in [0.25, 0.3) is 0 Å². The molecule has 1 atom stereocenters. The van der Waals surface area contributed by atoms with Crippen LogP contribution in [0.3, 0.4) is 0 Å². The molecule has 0 amide bonds. The summed E-state index contributed by atoms with van der Waals surface area (Å²) in [5, 5.41) is 10.3. The monoisotopic (exact) mass is 180 g/mol. The van der Waals surface area contributed by atoms with Crippen LogP contribution in [0.1, 0.15) is 11.6 Å². The van der Waals surface area contributed by atoms with Gasteiger partial charge in [0.25, 0.3) is 5.69 Å². The summed E-state index contributed by atoms with van der Waals surface area (Å²) in [6.07, 6.45) is 0.541. The second kappa shape index (κ2) is 3.77. The van der Waals surface area contributed by atoms with E-state index in [0.717, 1.165) is 0 Å². The Morgan fingerprint density at radius 3 is 2.77 bits per heavy atom. The number of non-ortho nitro benzene ring substituents is 1. The van der Waals surface area contributed by atoms with Gasteiger partial charge in [-0.1, -0.05) is 12.1 Å². The minimum absolute atomic E-state index is 0.0604. The van der Waals surface area contributed by atoms with Gasteiger partial charge < -0.3 is 10.5 Å². The van der Waals surface area contributed by atoms with E-state index in [9.17, 15) is 14.9 Å². The second-order valence-corrected chi connectivity index (χ2v) is 2.51. The van der Waals surface area contributed by atoms with E-state index in [4.69, 9.17) is 5.73 Å². The first-order chi connectivity index (χ1) is 6.15. The maximum Gasteiger partial charge on any atom is 0.269 e. The number of aldehydes is 1. The first kappa shape index (κ1) is 9.34. The van der Waals surface area contributed by atoms with Crippen molar-refractivity contribution in [2.75, 3.05) is 0 Å². The maximum atomic E-state index is 10.3.